The van der Waals surface area contributed by atoms with E-state index in [1.165, 1.54) is 19.3 Å². The largest absolute Gasteiger partial charge is 0.330 e. The Morgan fingerprint density at radius 1 is 0.493 bits per heavy atom. The van der Waals surface area contributed by atoms with Gasteiger partial charge < -0.3 is 34.4 Å². The van der Waals surface area contributed by atoms with Crippen molar-refractivity contribution >= 4 is 34.7 Å². The lowest BCUT2D eigenvalue weighted by atomic mass is 9.70. The van der Waals surface area contributed by atoms with Gasteiger partial charge in [0.05, 0.1) is 24.2 Å². The van der Waals surface area contributed by atoms with Gasteiger partial charge in [0.15, 0.2) is 17.3 Å². The molecule has 1 aliphatic rings. The average Bonchev–Trinajstić information content (AvgIpc) is 3.18. The fourth-order valence-corrected chi connectivity index (χ4v) is 6.44. The van der Waals surface area contributed by atoms with Crippen molar-refractivity contribution in [1.82, 2.24) is 0 Å². The molecule has 0 amide bonds. The summed E-state index contributed by atoms with van der Waals surface area (Å²) in [5.74, 6) is 3.25. The van der Waals surface area contributed by atoms with Crippen molar-refractivity contribution in [3.63, 3.8) is 0 Å². The minimum Gasteiger partial charge on any atom is -0.330 e. The Hall–Kier alpha value is -2.22. The van der Waals surface area contributed by atoms with Gasteiger partial charge in [0.1, 0.15) is 17.3 Å². The Morgan fingerprint density at radius 2 is 0.855 bits per heavy atom. The minimum absolute atomic E-state index is 0. The number of hydrogen-bond donors (Lipinski definition) is 6. The Bertz CT molecular complexity index is 1250. The van der Waals surface area contributed by atoms with Gasteiger partial charge in [0, 0.05) is 54.4 Å². The van der Waals surface area contributed by atoms with Gasteiger partial charge in [0.25, 0.3) is 0 Å². The van der Waals surface area contributed by atoms with Crippen molar-refractivity contribution in [2.45, 2.75) is 252 Å². The van der Waals surface area contributed by atoms with Crippen LogP contribution in [0.3, 0.4) is 0 Å². The molecule has 0 aliphatic heterocycles. The van der Waals surface area contributed by atoms with Crippen LogP contribution in [0.25, 0.3) is 0 Å². The molecule has 0 aromatic carbocycles. The number of ketones is 6. The van der Waals surface area contributed by atoms with Gasteiger partial charge in [-0.2, -0.15) is 0 Å². The quantitative estimate of drug-likeness (QED) is 0.0666. The van der Waals surface area contributed by atoms with Gasteiger partial charge in [-0.15, -0.1) is 0 Å². The van der Waals surface area contributed by atoms with Crippen molar-refractivity contribution in [2.75, 3.05) is 19.6 Å². The Morgan fingerprint density at radius 3 is 1.04 bits per heavy atom. The van der Waals surface area contributed by atoms with Crippen LogP contribution < -0.4 is 34.4 Å². The minimum atomic E-state index is -0.659. The zero-order valence-corrected chi connectivity index (χ0v) is 44.6. The van der Waals surface area contributed by atoms with E-state index in [9.17, 15) is 28.8 Å². The highest BCUT2D eigenvalue weighted by molar-refractivity contribution is 5.89. The van der Waals surface area contributed by atoms with E-state index >= 15 is 0 Å². The highest BCUT2D eigenvalue weighted by Crippen LogP contribution is 2.39. The second kappa shape index (κ2) is 49.4. The smallest absolute Gasteiger partial charge is 0.154 e. The van der Waals surface area contributed by atoms with Crippen molar-refractivity contribution < 1.29 is 28.8 Å². The van der Waals surface area contributed by atoms with Gasteiger partial charge in [-0.1, -0.05) is 188 Å². The molecule has 69 heavy (non-hydrogen) atoms. The molecule has 0 radical (unpaired) electrons. The predicted molar refractivity (Wildman–Crippen MR) is 308 cm³/mol. The summed E-state index contributed by atoms with van der Waals surface area (Å²) in [7, 11) is 0. The molecule has 1 saturated carbocycles. The second-order valence-corrected chi connectivity index (χ2v) is 21.4. The highest BCUT2D eigenvalue weighted by atomic mass is 16.1. The van der Waals surface area contributed by atoms with Crippen LogP contribution >= 0.6 is 0 Å². The zero-order chi connectivity index (χ0) is 51.2. The second-order valence-electron chi connectivity index (χ2n) is 21.4. The molecule has 0 unspecified atom stereocenters. The van der Waals surface area contributed by atoms with Crippen LogP contribution in [0.4, 0.5) is 0 Å². The fourth-order valence-electron chi connectivity index (χ4n) is 6.44. The van der Waals surface area contributed by atoms with Crippen molar-refractivity contribution in [3.8, 4) is 0 Å². The van der Waals surface area contributed by atoms with E-state index in [1.54, 1.807) is 13.8 Å². The fraction of sp³-hybridized carbons (Fsp3) is 0.895. The van der Waals surface area contributed by atoms with E-state index in [2.05, 4.69) is 27.7 Å². The van der Waals surface area contributed by atoms with Crippen molar-refractivity contribution in [2.24, 2.45) is 99.0 Å². The summed E-state index contributed by atoms with van der Waals surface area (Å²) in [6.07, 6.45) is 8.57. The summed E-state index contributed by atoms with van der Waals surface area (Å²) in [6, 6.07) is -0.532. The first-order chi connectivity index (χ1) is 28.5. The first-order valence-corrected chi connectivity index (χ1v) is 24.1. The van der Waals surface area contributed by atoms with Gasteiger partial charge >= 0.3 is 0 Å². The molecule has 0 aromatic heterocycles. The third-order valence-electron chi connectivity index (χ3n) is 10.8. The number of hydrogen-bond acceptors (Lipinski definition) is 12. The summed E-state index contributed by atoms with van der Waals surface area (Å²) < 4.78 is 0. The molecule has 1 aliphatic carbocycles. The number of carbonyl (C=O) groups is 6. The standard InChI is InChI=1S/C12H23NO.C10H21NO.C9H19NO.C8H17NO.C7H15NO.C5H11NO.6CH4/c1-10(2)11(14)8-12(9-13)6-4-3-5-7-12;1-7(2)5-9(6-11)10(12)8(3)4;1-6(2)5-8(10)9(11)7(3)4;1-5(2)7(9)8(10)6(3)4;1-5(2)6(9)7(3,4)8;1-4(2)5(7)3-6;;;;;;/h10H,3-9,13H2,1-2H3;7-9H,5-6,11H2,1-4H3;6-8H,5,10H2,1-4H3;5-7H,9H2,1-4H3;5H,8H2,1-4H3;4H,3,6H2,1-2H3;6*1H4/t;9-;8-;7-;;;;;;;;/m.100......../s1. The molecule has 12 N–H and O–H groups in total. The van der Waals surface area contributed by atoms with E-state index in [1.807, 2.05) is 96.9 Å². The van der Waals surface area contributed by atoms with Crippen LogP contribution in [0.5, 0.6) is 0 Å². The lowest BCUT2D eigenvalue weighted by molar-refractivity contribution is -0.126. The van der Waals surface area contributed by atoms with E-state index in [0.29, 0.717) is 42.9 Å². The van der Waals surface area contributed by atoms with E-state index in [0.717, 1.165) is 25.7 Å². The van der Waals surface area contributed by atoms with Gasteiger partial charge in [-0.25, -0.2) is 0 Å². The third kappa shape index (κ3) is 49.2. The van der Waals surface area contributed by atoms with E-state index in [4.69, 9.17) is 34.4 Å². The number of rotatable bonds is 20. The maximum absolute atomic E-state index is 11.7. The zero-order valence-electron chi connectivity index (χ0n) is 44.6. The molecule has 0 spiro atoms. The number of nitrogens with two attached hydrogens (primary N) is 6. The molecule has 424 valence electrons. The van der Waals surface area contributed by atoms with Gasteiger partial charge in [0.2, 0.25) is 0 Å². The van der Waals surface area contributed by atoms with Crippen LogP contribution in [0.1, 0.15) is 234 Å². The summed E-state index contributed by atoms with van der Waals surface area (Å²) in [4.78, 5) is 67.1. The average molecular weight is 996 g/mol. The number of Topliss-reactive ketones (excluding diaryl/α,β-unsaturated/α-hetero) is 6. The Kier molecular flexibility index (Phi) is 66.4. The van der Waals surface area contributed by atoms with Crippen LogP contribution in [0.15, 0.2) is 0 Å². The molecule has 0 aromatic rings. The Labute approximate surface area is 432 Å². The maximum Gasteiger partial charge on any atom is 0.154 e. The summed E-state index contributed by atoms with van der Waals surface area (Å²) in [5.41, 5.74) is 32.7. The first kappa shape index (κ1) is 92.9. The van der Waals surface area contributed by atoms with E-state index < -0.39 is 5.54 Å². The summed E-state index contributed by atoms with van der Waals surface area (Å²) in [5, 5.41) is 0. The lowest BCUT2D eigenvalue weighted by Crippen LogP contribution is -2.43. The predicted octanol–water partition coefficient (Wildman–Crippen LogP) is 12.1. The number of carbonyl (C=O) groups excluding carboxylic acids is 6. The molecule has 12 nitrogen and oxygen atoms in total. The molecule has 1 fully saturated rings. The topological polar surface area (TPSA) is 259 Å². The molecular formula is C57H130N6O6. The van der Waals surface area contributed by atoms with Crippen LogP contribution in [0, 0.1) is 64.6 Å². The molecule has 0 heterocycles. The lowest BCUT2D eigenvalue weighted by Gasteiger charge is -2.36. The summed E-state index contributed by atoms with van der Waals surface area (Å²) >= 11 is 0. The van der Waals surface area contributed by atoms with Gasteiger partial charge in [-0.3, -0.25) is 28.8 Å². The maximum atomic E-state index is 11.7. The molecule has 0 bridgehead atoms. The van der Waals surface area contributed by atoms with Crippen LogP contribution in [-0.2, 0) is 28.8 Å². The molecule has 0 saturated heterocycles. The normalized spacial score (nSPS) is 13.6. The Balaban J connectivity index is -0.0000000646. The van der Waals surface area contributed by atoms with Crippen molar-refractivity contribution in [1.29, 1.82) is 0 Å². The third-order valence-corrected chi connectivity index (χ3v) is 10.8. The molecule has 3 atom stereocenters. The van der Waals surface area contributed by atoms with Crippen molar-refractivity contribution in [3.05, 3.63) is 0 Å². The SMILES string of the molecule is C.C.C.C.C.C.CC(C)C(=O)C(C)(C)N.CC(C)C(=O)CC1(CN)CCCCC1.CC(C)C(=O)CN.CC(C)C(=O)[C@@H](N)C(C)C.CC(C)C[C@H](CN)C(=O)C(C)C.CC(C)C[C@H](N)C(=O)C(C)C. The summed E-state index contributed by atoms with van der Waals surface area (Å²) in [6.45, 7) is 39.9. The van der Waals surface area contributed by atoms with Crippen LogP contribution in [-0.4, -0.2) is 72.0 Å². The molecule has 1 rings (SSSR count). The first-order valence-electron chi connectivity index (χ1n) is 24.1. The monoisotopic (exact) mass is 995 g/mol. The van der Waals surface area contributed by atoms with Gasteiger partial charge in [-0.05, 0) is 69.2 Å². The highest BCUT2D eigenvalue weighted by Gasteiger charge is 2.33. The van der Waals surface area contributed by atoms with E-state index in [-0.39, 0.29) is 139 Å². The molecule has 12 heteroatoms. The molecular weight excluding hydrogens is 865 g/mol. The van der Waals surface area contributed by atoms with Crippen LogP contribution in [0.2, 0.25) is 0 Å².